The van der Waals surface area contributed by atoms with Crippen molar-refractivity contribution >= 4 is 39.1 Å². The second kappa shape index (κ2) is 10.5. The number of morpholine rings is 1. The van der Waals surface area contributed by atoms with Gasteiger partial charge in [0.05, 0.1) is 18.2 Å². The molecule has 10 heteroatoms. The van der Waals surface area contributed by atoms with E-state index in [1.54, 1.807) is 18.2 Å². The Bertz CT molecular complexity index is 1660. The highest BCUT2D eigenvalue weighted by Gasteiger charge is 2.37. The van der Waals surface area contributed by atoms with Crippen molar-refractivity contribution in [3.8, 4) is 22.9 Å². The van der Waals surface area contributed by atoms with Crippen LogP contribution in [0.25, 0.3) is 32.8 Å². The Morgan fingerprint density at radius 3 is 2.55 bits per heavy atom. The largest absolute Gasteiger partial charge is 0.508 e. The summed E-state index contributed by atoms with van der Waals surface area (Å²) < 4.78 is 28.6. The van der Waals surface area contributed by atoms with Crippen molar-refractivity contribution in [3.05, 3.63) is 53.3 Å². The summed E-state index contributed by atoms with van der Waals surface area (Å²) in [6, 6.07) is 14.3. The summed E-state index contributed by atoms with van der Waals surface area (Å²) in [4.78, 5) is 14.2. The molecule has 3 aromatic carbocycles. The maximum Gasteiger partial charge on any atom is 0.319 e. The van der Waals surface area contributed by atoms with Gasteiger partial charge < -0.3 is 24.8 Å². The fraction of sp³-hybridized carbons (Fsp3) is 0.438. The number of piperazine rings is 1. The molecule has 4 aromatic rings. The number of halogens is 2. The van der Waals surface area contributed by atoms with Gasteiger partial charge in [0.2, 0.25) is 0 Å². The van der Waals surface area contributed by atoms with E-state index in [0.29, 0.717) is 47.5 Å². The molecule has 0 amide bonds. The SMILES string of the molecule is Oc1cc(-c2c(Cl)cc3c(N4CC5CCC(C4)N5)nc(OCCN4C5CCC4COC5)nc3c2F)c2ccccc2c1. The minimum Gasteiger partial charge on any atom is -0.508 e. The number of phenols is 1. The summed E-state index contributed by atoms with van der Waals surface area (Å²) >= 11 is 6.86. The standard InChI is InChI=1S/C32H33ClFN5O3/c33-27-13-26-30(29(34)28(27)25-12-23(40)11-18-3-1-2-4-24(18)25)36-32(37-31(26)38-14-19-5-6-20(15-38)35-19)42-10-9-39-21-7-8-22(39)17-41-16-21/h1-4,11-13,19-22,35,40H,5-10,14-17H2. The lowest BCUT2D eigenvalue weighted by Gasteiger charge is -2.35. The molecule has 4 bridgehead atoms. The molecule has 0 spiro atoms. The Kier molecular flexibility index (Phi) is 6.59. The van der Waals surface area contributed by atoms with Gasteiger partial charge in [0.15, 0.2) is 5.82 Å². The molecule has 8 rings (SSSR count). The summed E-state index contributed by atoms with van der Waals surface area (Å²) in [7, 11) is 0. The zero-order valence-electron chi connectivity index (χ0n) is 23.2. The Hall–Kier alpha value is -3.24. The van der Waals surface area contributed by atoms with E-state index in [9.17, 15) is 5.11 Å². The second-order valence-corrected chi connectivity index (χ2v) is 12.4. The van der Waals surface area contributed by atoms with E-state index in [-0.39, 0.29) is 27.9 Å². The molecule has 4 saturated heterocycles. The lowest BCUT2D eigenvalue weighted by molar-refractivity contribution is -0.0194. The van der Waals surface area contributed by atoms with E-state index in [2.05, 4.69) is 20.1 Å². The lowest BCUT2D eigenvalue weighted by atomic mass is 9.96. The number of nitrogens with zero attached hydrogens (tertiary/aromatic N) is 4. The van der Waals surface area contributed by atoms with Crippen molar-refractivity contribution in [2.45, 2.75) is 49.9 Å². The molecule has 4 aliphatic rings. The van der Waals surface area contributed by atoms with Gasteiger partial charge in [-0.15, -0.1) is 0 Å². The van der Waals surface area contributed by atoms with Gasteiger partial charge in [0.25, 0.3) is 0 Å². The van der Waals surface area contributed by atoms with Crippen LogP contribution in [-0.4, -0.2) is 83.6 Å². The molecule has 2 N–H and O–H groups in total. The van der Waals surface area contributed by atoms with Crippen LogP contribution < -0.4 is 15.0 Å². The van der Waals surface area contributed by atoms with Gasteiger partial charge in [-0.05, 0) is 60.2 Å². The number of fused-ring (bicyclic) bond motifs is 6. The average molecular weight is 590 g/mol. The molecule has 218 valence electrons. The van der Waals surface area contributed by atoms with Crippen molar-refractivity contribution in [1.82, 2.24) is 20.2 Å². The highest BCUT2D eigenvalue weighted by molar-refractivity contribution is 6.35. The van der Waals surface area contributed by atoms with Gasteiger partial charge in [-0.3, -0.25) is 4.90 Å². The van der Waals surface area contributed by atoms with E-state index in [0.717, 1.165) is 69.3 Å². The van der Waals surface area contributed by atoms with Gasteiger partial charge >= 0.3 is 6.01 Å². The van der Waals surface area contributed by atoms with E-state index >= 15 is 4.39 Å². The zero-order chi connectivity index (χ0) is 28.4. The Morgan fingerprint density at radius 2 is 1.76 bits per heavy atom. The molecule has 8 nitrogen and oxygen atoms in total. The van der Waals surface area contributed by atoms with Crippen LogP contribution in [0.5, 0.6) is 11.8 Å². The maximum atomic E-state index is 16.7. The Balaban J connectivity index is 1.21. The van der Waals surface area contributed by atoms with Gasteiger partial charge in [-0.1, -0.05) is 35.9 Å². The molecule has 4 aliphatic heterocycles. The highest BCUT2D eigenvalue weighted by atomic mass is 35.5. The number of aromatic nitrogens is 2. The first-order valence-electron chi connectivity index (χ1n) is 14.9. The zero-order valence-corrected chi connectivity index (χ0v) is 24.0. The van der Waals surface area contributed by atoms with Crippen LogP contribution in [0.2, 0.25) is 5.02 Å². The molecule has 42 heavy (non-hydrogen) atoms. The fourth-order valence-corrected chi connectivity index (χ4v) is 7.80. The van der Waals surface area contributed by atoms with Crippen LogP contribution in [-0.2, 0) is 4.74 Å². The smallest absolute Gasteiger partial charge is 0.319 e. The number of hydrogen-bond donors (Lipinski definition) is 2. The van der Waals surface area contributed by atoms with Crippen molar-refractivity contribution in [2.75, 3.05) is 44.4 Å². The summed E-state index contributed by atoms with van der Waals surface area (Å²) in [6.07, 6.45) is 4.51. The molecule has 4 unspecified atom stereocenters. The van der Waals surface area contributed by atoms with E-state index in [1.807, 2.05) is 24.3 Å². The summed E-state index contributed by atoms with van der Waals surface area (Å²) in [5.74, 6) is 0.138. The first-order chi connectivity index (χ1) is 20.5. The third-order valence-electron chi connectivity index (χ3n) is 9.45. The molecular formula is C32H33ClFN5O3. The van der Waals surface area contributed by atoms with Gasteiger partial charge in [-0.2, -0.15) is 9.97 Å². The number of rotatable bonds is 6. The van der Waals surface area contributed by atoms with Crippen molar-refractivity contribution in [3.63, 3.8) is 0 Å². The lowest BCUT2D eigenvalue weighted by Crippen LogP contribution is -2.51. The number of aromatic hydroxyl groups is 1. The Labute approximate surface area is 248 Å². The highest BCUT2D eigenvalue weighted by Crippen LogP contribution is 2.43. The fourth-order valence-electron chi connectivity index (χ4n) is 7.50. The predicted octanol–water partition coefficient (Wildman–Crippen LogP) is 5.13. The number of anilines is 1. The van der Waals surface area contributed by atoms with Gasteiger partial charge in [0.1, 0.15) is 23.7 Å². The molecular weight excluding hydrogens is 557 g/mol. The second-order valence-electron chi connectivity index (χ2n) is 12.0. The minimum atomic E-state index is -0.550. The quantitative estimate of drug-likeness (QED) is 0.320. The normalized spacial score (nSPS) is 25.5. The van der Waals surface area contributed by atoms with Crippen LogP contribution in [0.1, 0.15) is 25.7 Å². The van der Waals surface area contributed by atoms with Crippen LogP contribution in [0.4, 0.5) is 10.2 Å². The van der Waals surface area contributed by atoms with E-state index in [4.69, 9.17) is 26.1 Å². The predicted molar refractivity (Wildman–Crippen MR) is 161 cm³/mol. The minimum absolute atomic E-state index is 0.0417. The van der Waals surface area contributed by atoms with E-state index in [1.165, 1.54) is 0 Å². The number of ether oxygens (including phenoxy) is 2. The monoisotopic (exact) mass is 589 g/mol. The molecule has 0 aliphatic carbocycles. The van der Waals surface area contributed by atoms with Crippen LogP contribution in [0, 0.1) is 5.82 Å². The van der Waals surface area contributed by atoms with Gasteiger partial charge in [-0.25, -0.2) is 4.39 Å². The molecule has 4 atom stereocenters. The van der Waals surface area contributed by atoms with Crippen molar-refractivity contribution in [1.29, 1.82) is 0 Å². The van der Waals surface area contributed by atoms with Crippen LogP contribution in [0.15, 0.2) is 42.5 Å². The first kappa shape index (κ1) is 26.4. The first-order valence-corrected chi connectivity index (χ1v) is 15.3. The molecule has 0 saturated carbocycles. The molecule has 4 fully saturated rings. The summed E-state index contributed by atoms with van der Waals surface area (Å²) in [5.41, 5.74) is 0.886. The third-order valence-corrected chi connectivity index (χ3v) is 9.74. The van der Waals surface area contributed by atoms with E-state index < -0.39 is 5.82 Å². The number of hydrogen-bond acceptors (Lipinski definition) is 8. The topological polar surface area (TPSA) is 83.0 Å². The average Bonchev–Trinajstić information content (AvgIpc) is 3.43. The summed E-state index contributed by atoms with van der Waals surface area (Å²) in [5, 5.41) is 16.5. The summed E-state index contributed by atoms with van der Waals surface area (Å²) in [6.45, 7) is 4.23. The number of nitrogens with one attached hydrogen (secondary N) is 1. The molecule has 1 aromatic heterocycles. The number of phenolic OH excluding ortho intramolecular Hbond substituents is 1. The van der Waals surface area contributed by atoms with Gasteiger partial charge in [0, 0.05) is 54.8 Å². The third kappa shape index (κ3) is 4.54. The maximum absolute atomic E-state index is 16.7. The molecule has 5 heterocycles. The van der Waals surface area contributed by atoms with Crippen molar-refractivity contribution in [2.24, 2.45) is 0 Å². The van der Waals surface area contributed by atoms with Crippen LogP contribution in [0.3, 0.4) is 0 Å². The number of benzene rings is 3. The van der Waals surface area contributed by atoms with Crippen LogP contribution >= 0.6 is 11.6 Å². The Morgan fingerprint density at radius 1 is 1.00 bits per heavy atom. The van der Waals surface area contributed by atoms with Crippen molar-refractivity contribution < 1.29 is 19.0 Å². The molecule has 0 radical (unpaired) electrons.